The van der Waals surface area contributed by atoms with Crippen LogP contribution in [0.4, 0.5) is 0 Å². The summed E-state index contributed by atoms with van der Waals surface area (Å²) in [5.41, 5.74) is 3.75. The number of aryl methyl sites for hydroxylation is 1. The maximum absolute atomic E-state index is 6.19. The first-order valence-electron chi connectivity index (χ1n) is 10.4. The van der Waals surface area contributed by atoms with Crippen LogP contribution in [0.3, 0.4) is 0 Å². The summed E-state index contributed by atoms with van der Waals surface area (Å²) in [6, 6.07) is 6.32. The summed E-state index contributed by atoms with van der Waals surface area (Å²) in [5, 5.41) is 6.77. The van der Waals surface area contributed by atoms with Crippen molar-refractivity contribution in [3.05, 3.63) is 41.0 Å². The molecule has 1 unspecified atom stereocenters. The van der Waals surface area contributed by atoms with Crippen LogP contribution in [0.25, 0.3) is 0 Å². The summed E-state index contributed by atoms with van der Waals surface area (Å²) >= 11 is 0. The third-order valence-electron chi connectivity index (χ3n) is 4.95. The Bertz CT molecular complexity index is 688. The summed E-state index contributed by atoms with van der Waals surface area (Å²) in [4.78, 5) is 4.77. The molecule has 1 fully saturated rings. The average Bonchev–Trinajstić information content (AvgIpc) is 3.21. The van der Waals surface area contributed by atoms with Crippen LogP contribution in [0.15, 0.2) is 34.8 Å². The van der Waals surface area contributed by atoms with Gasteiger partial charge in [0.1, 0.15) is 11.9 Å². The molecule has 2 heterocycles. The number of benzene rings is 1. The zero-order chi connectivity index (χ0) is 19.6. The molecule has 0 amide bonds. The molecule has 2 aliphatic rings. The van der Waals surface area contributed by atoms with Crippen molar-refractivity contribution in [2.75, 3.05) is 39.5 Å². The molecule has 1 aromatic carbocycles. The van der Waals surface area contributed by atoms with Crippen molar-refractivity contribution < 1.29 is 14.2 Å². The van der Waals surface area contributed by atoms with Gasteiger partial charge >= 0.3 is 0 Å². The zero-order valence-electron chi connectivity index (χ0n) is 17.5. The van der Waals surface area contributed by atoms with Crippen LogP contribution < -0.4 is 15.4 Å². The fourth-order valence-corrected chi connectivity index (χ4v) is 3.33. The summed E-state index contributed by atoms with van der Waals surface area (Å²) in [5.74, 6) is 1.76. The van der Waals surface area contributed by atoms with Crippen molar-refractivity contribution in [2.45, 2.75) is 45.8 Å². The normalized spacial score (nSPS) is 19.3. The number of nitrogens with one attached hydrogen (secondary N) is 2. The van der Waals surface area contributed by atoms with Gasteiger partial charge < -0.3 is 24.8 Å². The monoisotopic (exact) mass is 515 g/mol. The van der Waals surface area contributed by atoms with Gasteiger partial charge in [-0.1, -0.05) is 23.8 Å². The Kier molecular flexibility index (Phi) is 10.8. The third-order valence-corrected chi connectivity index (χ3v) is 4.95. The minimum absolute atomic E-state index is 0. The van der Waals surface area contributed by atoms with Crippen LogP contribution in [0.5, 0.6) is 5.75 Å². The number of guanidine groups is 1. The van der Waals surface area contributed by atoms with Gasteiger partial charge in [-0.05, 0) is 38.3 Å². The number of ether oxygens (including phenoxy) is 3. The van der Waals surface area contributed by atoms with Gasteiger partial charge in [-0.2, -0.15) is 0 Å². The third kappa shape index (κ3) is 8.14. The molecule has 29 heavy (non-hydrogen) atoms. The van der Waals surface area contributed by atoms with E-state index in [1.165, 1.54) is 11.1 Å². The van der Waals surface area contributed by atoms with Crippen LogP contribution in [-0.2, 0) is 16.0 Å². The predicted octanol–water partition coefficient (Wildman–Crippen LogP) is 3.57. The molecule has 6 nitrogen and oxygen atoms in total. The molecule has 0 bridgehead atoms. The summed E-state index contributed by atoms with van der Waals surface area (Å²) in [7, 11) is 0. The van der Waals surface area contributed by atoms with Crippen molar-refractivity contribution in [1.29, 1.82) is 0 Å². The lowest BCUT2D eigenvalue weighted by atomic mass is 10.1. The Morgan fingerprint density at radius 1 is 1.24 bits per heavy atom. The fraction of sp³-hybridized carbons (Fsp3) is 0.591. The van der Waals surface area contributed by atoms with Crippen LogP contribution in [0.1, 0.15) is 37.3 Å². The molecule has 0 spiro atoms. The molecule has 0 aliphatic carbocycles. The van der Waals surface area contributed by atoms with Crippen molar-refractivity contribution in [1.82, 2.24) is 10.6 Å². The Morgan fingerprint density at radius 3 is 2.86 bits per heavy atom. The van der Waals surface area contributed by atoms with E-state index in [0.717, 1.165) is 69.4 Å². The minimum atomic E-state index is 0. The Labute approximate surface area is 191 Å². The first-order chi connectivity index (χ1) is 13.7. The first kappa shape index (κ1) is 24.0. The lowest BCUT2D eigenvalue weighted by Gasteiger charge is -2.17. The number of rotatable bonds is 8. The second-order valence-corrected chi connectivity index (χ2v) is 7.27. The molecule has 3 rings (SSSR count). The largest absolute Gasteiger partial charge is 0.488 e. The number of aliphatic imine (C=N–C) groups is 1. The highest BCUT2D eigenvalue weighted by molar-refractivity contribution is 14.0. The van der Waals surface area contributed by atoms with Gasteiger partial charge in [-0.3, -0.25) is 0 Å². The van der Waals surface area contributed by atoms with E-state index in [1.807, 2.05) is 0 Å². The fourth-order valence-electron chi connectivity index (χ4n) is 3.33. The molecule has 0 radical (unpaired) electrons. The molecule has 1 atom stereocenters. The van der Waals surface area contributed by atoms with Gasteiger partial charge in [-0.25, -0.2) is 4.99 Å². The number of hydrogen-bond donors (Lipinski definition) is 2. The second kappa shape index (κ2) is 13.1. The standard InChI is InChI=1S/C22H33N3O3.HI/c1-3-23-22(24-10-6-18-7-11-26-12-8-18)25-15-19-5-4-17(2)14-21(19)28-20-9-13-27-16-20;/h4-5,7,14,20H,3,6,8-13,15-16H2,1-2H3,(H2,23,24,25);1H. The molecular weight excluding hydrogens is 481 g/mol. The number of nitrogens with zero attached hydrogens (tertiary/aromatic N) is 1. The molecule has 2 N–H and O–H groups in total. The topological polar surface area (TPSA) is 64.1 Å². The lowest BCUT2D eigenvalue weighted by molar-refractivity contribution is 0.140. The summed E-state index contributed by atoms with van der Waals surface area (Å²) in [6.45, 7) is 9.47. The molecule has 7 heteroatoms. The molecule has 1 aromatic rings. The average molecular weight is 515 g/mol. The van der Waals surface area contributed by atoms with Gasteiger partial charge in [0, 0.05) is 25.1 Å². The van der Waals surface area contributed by atoms with E-state index in [0.29, 0.717) is 13.2 Å². The molecule has 0 saturated carbocycles. The van der Waals surface area contributed by atoms with E-state index in [9.17, 15) is 0 Å². The first-order valence-corrected chi connectivity index (χ1v) is 10.4. The molecule has 0 aromatic heterocycles. The van der Waals surface area contributed by atoms with E-state index < -0.39 is 0 Å². The van der Waals surface area contributed by atoms with Gasteiger partial charge in [-0.15, -0.1) is 24.0 Å². The predicted molar refractivity (Wildman–Crippen MR) is 127 cm³/mol. The Morgan fingerprint density at radius 2 is 2.14 bits per heavy atom. The summed E-state index contributed by atoms with van der Waals surface area (Å²) in [6.07, 6.45) is 5.34. The van der Waals surface area contributed by atoms with Crippen molar-refractivity contribution in [2.24, 2.45) is 4.99 Å². The number of halogens is 1. The Hall–Kier alpha value is -1.32. The molecule has 162 valence electrons. The van der Waals surface area contributed by atoms with Crippen LogP contribution >= 0.6 is 24.0 Å². The number of hydrogen-bond acceptors (Lipinski definition) is 4. The van der Waals surface area contributed by atoms with Crippen LogP contribution in [0.2, 0.25) is 0 Å². The highest BCUT2D eigenvalue weighted by Gasteiger charge is 2.18. The molecule has 1 saturated heterocycles. The summed E-state index contributed by atoms with van der Waals surface area (Å²) < 4.78 is 17.0. The van der Waals surface area contributed by atoms with Crippen molar-refractivity contribution in [3.63, 3.8) is 0 Å². The highest BCUT2D eigenvalue weighted by Crippen LogP contribution is 2.24. The van der Waals surface area contributed by atoms with E-state index in [4.69, 9.17) is 19.2 Å². The second-order valence-electron chi connectivity index (χ2n) is 7.27. The van der Waals surface area contributed by atoms with Crippen LogP contribution in [-0.4, -0.2) is 51.6 Å². The SMILES string of the molecule is CCNC(=NCc1ccc(C)cc1OC1CCOC1)NCCC1=CCOCC1.I. The quantitative estimate of drug-likeness (QED) is 0.240. The van der Waals surface area contributed by atoms with Crippen LogP contribution in [0, 0.1) is 6.92 Å². The highest BCUT2D eigenvalue weighted by atomic mass is 127. The van der Waals surface area contributed by atoms with E-state index in [-0.39, 0.29) is 30.1 Å². The van der Waals surface area contributed by atoms with E-state index in [2.05, 4.69) is 48.8 Å². The van der Waals surface area contributed by atoms with E-state index in [1.54, 1.807) is 0 Å². The Balaban J connectivity index is 0.00000300. The van der Waals surface area contributed by atoms with Crippen molar-refractivity contribution >= 4 is 29.9 Å². The van der Waals surface area contributed by atoms with Gasteiger partial charge in [0.2, 0.25) is 0 Å². The van der Waals surface area contributed by atoms with Gasteiger partial charge in [0.15, 0.2) is 5.96 Å². The smallest absolute Gasteiger partial charge is 0.191 e. The van der Waals surface area contributed by atoms with E-state index >= 15 is 0 Å². The molecule has 2 aliphatic heterocycles. The lowest BCUT2D eigenvalue weighted by Crippen LogP contribution is -2.38. The maximum atomic E-state index is 6.19. The van der Waals surface area contributed by atoms with Gasteiger partial charge in [0.25, 0.3) is 0 Å². The van der Waals surface area contributed by atoms with Gasteiger partial charge in [0.05, 0.1) is 33.0 Å². The molecular formula is C22H34IN3O3. The van der Waals surface area contributed by atoms with Crippen molar-refractivity contribution in [3.8, 4) is 5.75 Å². The minimum Gasteiger partial charge on any atom is -0.488 e. The zero-order valence-corrected chi connectivity index (χ0v) is 19.9. The maximum Gasteiger partial charge on any atom is 0.191 e.